The van der Waals surface area contributed by atoms with Gasteiger partial charge in [-0.05, 0) is 25.1 Å². The molecule has 0 aliphatic carbocycles. The molecule has 0 aliphatic rings. The predicted molar refractivity (Wildman–Crippen MR) is 76.2 cm³/mol. The second kappa shape index (κ2) is 6.17. The van der Waals surface area contributed by atoms with Crippen molar-refractivity contribution in [2.75, 3.05) is 12.4 Å². The van der Waals surface area contributed by atoms with Gasteiger partial charge < -0.3 is 5.32 Å². The number of nitrogens with one attached hydrogen (secondary N) is 1. The third-order valence-electron chi connectivity index (χ3n) is 2.80. The Morgan fingerprint density at radius 2 is 2.00 bits per heavy atom. The Bertz CT molecular complexity index is 632. The van der Waals surface area contributed by atoms with Crippen molar-refractivity contribution in [2.24, 2.45) is 0 Å². The number of hydrogen-bond donors (Lipinski definition) is 1. The zero-order valence-electron chi connectivity index (χ0n) is 11.5. The van der Waals surface area contributed by atoms with Crippen LogP contribution < -0.4 is 5.32 Å². The standard InChI is InChI=1S/C14H15F2N3S/c1-4-12-18-13(17-3)8(2)14(19-12)20-11-7-9(15)5-6-10(11)16/h5-7H,4H2,1-3H3,(H,17,18,19). The van der Waals surface area contributed by atoms with Crippen LogP contribution in [0.2, 0.25) is 0 Å². The summed E-state index contributed by atoms with van der Waals surface area (Å²) in [6, 6.07) is 3.39. The van der Waals surface area contributed by atoms with Crippen LogP contribution in [0, 0.1) is 18.6 Å². The summed E-state index contributed by atoms with van der Waals surface area (Å²) in [5.74, 6) is 0.444. The fourth-order valence-corrected chi connectivity index (χ4v) is 2.65. The fourth-order valence-electron chi connectivity index (χ4n) is 1.70. The maximum absolute atomic E-state index is 13.7. The van der Waals surface area contributed by atoms with Crippen LogP contribution in [0.15, 0.2) is 28.1 Å². The van der Waals surface area contributed by atoms with Gasteiger partial charge in [0.25, 0.3) is 0 Å². The number of benzene rings is 1. The van der Waals surface area contributed by atoms with Crippen LogP contribution in [0.3, 0.4) is 0 Å². The Morgan fingerprint density at radius 1 is 1.25 bits per heavy atom. The highest BCUT2D eigenvalue weighted by atomic mass is 32.2. The lowest BCUT2D eigenvalue weighted by atomic mass is 10.3. The van der Waals surface area contributed by atoms with E-state index in [9.17, 15) is 8.78 Å². The average molecular weight is 295 g/mol. The summed E-state index contributed by atoms with van der Waals surface area (Å²) in [6.07, 6.45) is 0.675. The summed E-state index contributed by atoms with van der Waals surface area (Å²) in [4.78, 5) is 8.95. The molecule has 106 valence electrons. The number of halogens is 2. The van der Waals surface area contributed by atoms with Crippen molar-refractivity contribution in [3.05, 3.63) is 41.2 Å². The van der Waals surface area contributed by atoms with Crippen molar-refractivity contribution < 1.29 is 8.78 Å². The first-order valence-corrected chi connectivity index (χ1v) is 7.05. The van der Waals surface area contributed by atoms with Crippen LogP contribution in [0.5, 0.6) is 0 Å². The van der Waals surface area contributed by atoms with E-state index in [0.29, 0.717) is 23.1 Å². The van der Waals surface area contributed by atoms with Gasteiger partial charge in [0.2, 0.25) is 0 Å². The van der Waals surface area contributed by atoms with E-state index in [0.717, 1.165) is 29.5 Å². The lowest BCUT2D eigenvalue weighted by Gasteiger charge is -2.11. The number of hydrogen-bond acceptors (Lipinski definition) is 4. The van der Waals surface area contributed by atoms with Gasteiger partial charge in [0.15, 0.2) is 0 Å². The topological polar surface area (TPSA) is 37.8 Å². The Kier molecular flexibility index (Phi) is 4.54. The van der Waals surface area contributed by atoms with Crippen molar-refractivity contribution in [1.29, 1.82) is 0 Å². The number of aryl methyl sites for hydroxylation is 1. The quantitative estimate of drug-likeness (QED) is 0.870. The molecule has 2 rings (SSSR count). The van der Waals surface area contributed by atoms with Crippen molar-refractivity contribution in [2.45, 2.75) is 30.2 Å². The maximum atomic E-state index is 13.7. The highest BCUT2D eigenvalue weighted by molar-refractivity contribution is 7.99. The predicted octanol–water partition coefficient (Wildman–Crippen LogP) is 3.82. The second-order valence-corrected chi connectivity index (χ2v) is 5.23. The van der Waals surface area contributed by atoms with Crippen molar-refractivity contribution in [1.82, 2.24) is 9.97 Å². The molecule has 1 N–H and O–H groups in total. The van der Waals surface area contributed by atoms with Crippen LogP contribution in [-0.2, 0) is 6.42 Å². The van der Waals surface area contributed by atoms with E-state index >= 15 is 0 Å². The van der Waals surface area contributed by atoms with E-state index in [-0.39, 0.29) is 4.90 Å². The summed E-state index contributed by atoms with van der Waals surface area (Å²) >= 11 is 1.11. The van der Waals surface area contributed by atoms with Crippen LogP contribution in [-0.4, -0.2) is 17.0 Å². The normalized spacial score (nSPS) is 10.7. The lowest BCUT2D eigenvalue weighted by molar-refractivity contribution is 0.577. The molecule has 0 saturated carbocycles. The molecule has 0 bridgehead atoms. The van der Waals surface area contributed by atoms with E-state index in [2.05, 4.69) is 15.3 Å². The van der Waals surface area contributed by atoms with Crippen LogP contribution in [0.25, 0.3) is 0 Å². The minimum atomic E-state index is -0.467. The number of nitrogens with zero attached hydrogens (tertiary/aromatic N) is 2. The van der Waals surface area contributed by atoms with Gasteiger partial charge in [-0.15, -0.1) is 0 Å². The summed E-state index contributed by atoms with van der Waals surface area (Å²) in [6.45, 7) is 3.80. The van der Waals surface area contributed by atoms with Gasteiger partial charge in [0.05, 0.1) is 4.90 Å². The molecular weight excluding hydrogens is 280 g/mol. The second-order valence-electron chi connectivity index (χ2n) is 4.20. The molecule has 0 unspecified atom stereocenters. The molecule has 0 atom stereocenters. The molecule has 1 heterocycles. The molecule has 2 aromatic rings. The molecule has 0 spiro atoms. The largest absolute Gasteiger partial charge is 0.373 e. The average Bonchev–Trinajstić information content (AvgIpc) is 2.45. The van der Waals surface area contributed by atoms with E-state index in [1.807, 2.05) is 13.8 Å². The molecule has 20 heavy (non-hydrogen) atoms. The molecule has 1 aromatic carbocycles. The molecule has 0 aliphatic heterocycles. The maximum Gasteiger partial charge on any atom is 0.137 e. The van der Waals surface area contributed by atoms with E-state index in [1.165, 1.54) is 6.07 Å². The monoisotopic (exact) mass is 295 g/mol. The van der Waals surface area contributed by atoms with Crippen LogP contribution >= 0.6 is 11.8 Å². The molecule has 0 radical (unpaired) electrons. The van der Waals surface area contributed by atoms with Gasteiger partial charge in [-0.3, -0.25) is 0 Å². The Hall–Kier alpha value is -1.69. The first-order chi connectivity index (χ1) is 9.55. The lowest BCUT2D eigenvalue weighted by Crippen LogP contribution is -2.04. The minimum absolute atomic E-state index is 0.218. The van der Waals surface area contributed by atoms with Gasteiger partial charge in [-0.1, -0.05) is 18.7 Å². The SMILES string of the molecule is CCc1nc(NC)c(C)c(Sc2cc(F)ccc2F)n1. The first kappa shape index (κ1) is 14.7. The summed E-state index contributed by atoms with van der Waals surface area (Å²) in [7, 11) is 1.77. The summed E-state index contributed by atoms with van der Waals surface area (Å²) in [5.41, 5.74) is 0.818. The van der Waals surface area contributed by atoms with Crippen molar-refractivity contribution in [3.63, 3.8) is 0 Å². The highest BCUT2D eigenvalue weighted by Gasteiger charge is 2.13. The number of anilines is 1. The van der Waals surface area contributed by atoms with Crippen molar-refractivity contribution in [3.8, 4) is 0 Å². The molecular formula is C14H15F2N3S. The number of rotatable bonds is 4. The molecule has 1 aromatic heterocycles. The van der Waals surface area contributed by atoms with Gasteiger partial charge in [0, 0.05) is 19.0 Å². The van der Waals surface area contributed by atoms with E-state index in [4.69, 9.17) is 0 Å². The van der Waals surface area contributed by atoms with Gasteiger partial charge >= 0.3 is 0 Å². The highest BCUT2D eigenvalue weighted by Crippen LogP contribution is 2.33. The zero-order valence-corrected chi connectivity index (χ0v) is 12.3. The summed E-state index contributed by atoms with van der Waals surface area (Å²) in [5, 5.41) is 3.62. The number of aromatic nitrogens is 2. The van der Waals surface area contributed by atoms with Gasteiger partial charge in [-0.2, -0.15) is 0 Å². The molecule has 0 saturated heterocycles. The van der Waals surface area contributed by atoms with Crippen LogP contribution in [0.1, 0.15) is 18.3 Å². The van der Waals surface area contributed by atoms with Crippen molar-refractivity contribution >= 4 is 17.6 Å². The fraction of sp³-hybridized carbons (Fsp3) is 0.286. The molecule has 3 nitrogen and oxygen atoms in total. The summed E-state index contributed by atoms with van der Waals surface area (Å²) < 4.78 is 26.9. The zero-order chi connectivity index (χ0) is 14.7. The third-order valence-corrected chi connectivity index (χ3v) is 3.92. The van der Waals surface area contributed by atoms with Gasteiger partial charge in [-0.25, -0.2) is 18.7 Å². The van der Waals surface area contributed by atoms with E-state index in [1.54, 1.807) is 7.05 Å². The smallest absolute Gasteiger partial charge is 0.137 e. The van der Waals surface area contributed by atoms with E-state index < -0.39 is 11.6 Å². The molecule has 0 amide bonds. The first-order valence-electron chi connectivity index (χ1n) is 6.23. The Balaban J connectivity index is 2.44. The third kappa shape index (κ3) is 3.07. The Morgan fingerprint density at radius 3 is 2.65 bits per heavy atom. The van der Waals surface area contributed by atoms with Crippen LogP contribution in [0.4, 0.5) is 14.6 Å². The minimum Gasteiger partial charge on any atom is -0.373 e. The molecule has 0 fully saturated rings. The van der Waals surface area contributed by atoms with Gasteiger partial charge in [0.1, 0.15) is 28.3 Å². The molecule has 6 heteroatoms. The Labute approximate surface area is 120 Å².